The zero-order chi connectivity index (χ0) is 11.7. The van der Waals surface area contributed by atoms with Crippen LogP contribution in [0.3, 0.4) is 0 Å². The molecule has 0 saturated heterocycles. The average Bonchev–Trinajstić information content (AvgIpc) is 2.65. The molecule has 0 aliphatic heterocycles. The second-order valence-electron chi connectivity index (χ2n) is 4.40. The molecule has 0 fully saturated rings. The van der Waals surface area contributed by atoms with Gasteiger partial charge in [0.25, 0.3) is 0 Å². The summed E-state index contributed by atoms with van der Waals surface area (Å²) in [5.74, 6) is 0.242. The fraction of sp³-hybridized carbons (Fsp3) is 0.357. The van der Waals surface area contributed by atoms with Gasteiger partial charge in [-0.25, -0.2) is 0 Å². The van der Waals surface area contributed by atoms with Crippen LogP contribution in [0, 0.1) is 5.92 Å². The molecule has 0 amide bonds. The van der Waals surface area contributed by atoms with Crippen LogP contribution in [-0.4, -0.2) is 10.8 Å². The smallest absolute Gasteiger partial charge is 0.181 e. The van der Waals surface area contributed by atoms with Crippen molar-refractivity contribution >= 4 is 16.7 Å². The SMILES string of the molecule is CCc1c(C(=O)C(C)C)[nH]c2ccccc12. The first-order valence-electron chi connectivity index (χ1n) is 5.79. The van der Waals surface area contributed by atoms with Crippen LogP contribution in [0.25, 0.3) is 10.9 Å². The molecule has 0 aliphatic carbocycles. The fourth-order valence-corrected chi connectivity index (χ4v) is 2.07. The van der Waals surface area contributed by atoms with Gasteiger partial charge >= 0.3 is 0 Å². The second-order valence-corrected chi connectivity index (χ2v) is 4.40. The zero-order valence-electron chi connectivity index (χ0n) is 10.0. The summed E-state index contributed by atoms with van der Waals surface area (Å²) in [6, 6.07) is 8.09. The van der Waals surface area contributed by atoms with E-state index in [-0.39, 0.29) is 11.7 Å². The molecule has 1 heterocycles. The largest absolute Gasteiger partial charge is 0.352 e. The molecule has 2 heteroatoms. The minimum Gasteiger partial charge on any atom is -0.352 e. The highest BCUT2D eigenvalue weighted by Crippen LogP contribution is 2.24. The van der Waals surface area contributed by atoms with Gasteiger partial charge < -0.3 is 4.98 Å². The molecule has 2 rings (SSSR count). The van der Waals surface area contributed by atoms with Gasteiger partial charge in [-0.2, -0.15) is 0 Å². The van der Waals surface area contributed by atoms with E-state index in [9.17, 15) is 4.79 Å². The number of aryl methyl sites for hydroxylation is 1. The van der Waals surface area contributed by atoms with Crippen molar-refractivity contribution in [2.45, 2.75) is 27.2 Å². The maximum Gasteiger partial charge on any atom is 0.181 e. The van der Waals surface area contributed by atoms with Crippen LogP contribution < -0.4 is 0 Å². The Kier molecular flexibility index (Phi) is 2.82. The van der Waals surface area contributed by atoms with Crippen LogP contribution in [0.5, 0.6) is 0 Å². The number of H-pyrrole nitrogens is 1. The van der Waals surface area contributed by atoms with E-state index in [1.807, 2.05) is 32.0 Å². The molecule has 1 N–H and O–H groups in total. The average molecular weight is 215 g/mol. The Morgan fingerprint density at radius 2 is 2.00 bits per heavy atom. The fourth-order valence-electron chi connectivity index (χ4n) is 2.07. The van der Waals surface area contributed by atoms with Crippen molar-refractivity contribution in [1.29, 1.82) is 0 Å². The summed E-state index contributed by atoms with van der Waals surface area (Å²) >= 11 is 0. The molecule has 0 bridgehead atoms. The van der Waals surface area contributed by atoms with Gasteiger partial charge in [-0.05, 0) is 18.1 Å². The van der Waals surface area contributed by atoms with Gasteiger partial charge in [0.15, 0.2) is 5.78 Å². The minimum atomic E-state index is 0.0402. The number of para-hydroxylation sites is 1. The van der Waals surface area contributed by atoms with Crippen molar-refractivity contribution in [2.24, 2.45) is 5.92 Å². The number of ketones is 1. The van der Waals surface area contributed by atoms with Gasteiger partial charge in [0.1, 0.15) is 0 Å². The standard InChI is InChI=1S/C14H17NO/c1-4-10-11-7-5-6-8-12(11)15-13(10)14(16)9(2)3/h5-9,15H,4H2,1-3H3. The summed E-state index contributed by atoms with van der Waals surface area (Å²) in [6.07, 6.45) is 0.887. The number of rotatable bonds is 3. The number of Topliss-reactive ketones (excluding diaryl/α,β-unsaturated/α-hetero) is 1. The molecular weight excluding hydrogens is 198 g/mol. The lowest BCUT2D eigenvalue weighted by atomic mass is 10.0. The van der Waals surface area contributed by atoms with Crippen LogP contribution >= 0.6 is 0 Å². The summed E-state index contributed by atoms with van der Waals surface area (Å²) in [4.78, 5) is 15.3. The molecule has 2 nitrogen and oxygen atoms in total. The van der Waals surface area contributed by atoms with Crippen molar-refractivity contribution < 1.29 is 4.79 Å². The van der Waals surface area contributed by atoms with Crippen LogP contribution in [0.1, 0.15) is 36.8 Å². The van der Waals surface area contributed by atoms with Crippen molar-refractivity contribution in [1.82, 2.24) is 4.98 Å². The minimum absolute atomic E-state index is 0.0402. The van der Waals surface area contributed by atoms with E-state index in [0.717, 1.165) is 23.2 Å². The third-order valence-electron chi connectivity index (χ3n) is 2.94. The van der Waals surface area contributed by atoms with E-state index < -0.39 is 0 Å². The number of carbonyl (C=O) groups excluding carboxylic acids is 1. The molecule has 0 saturated carbocycles. The third kappa shape index (κ3) is 1.64. The lowest BCUT2D eigenvalue weighted by Crippen LogP contribution is -2.10. The first-order valence-corrected chi connectivity index (χ1v) is 5.79. The Bertz CT molecular complexity index is 523. The van der Waals surface area contributed by atoms with E-state index in [4.69, 9.17) is 0 Å². The predicted molar refractivity (Wildman–Crippen MR) is 66.8 cm³/mol. The van der Waals surface area contributed by atoms with Crippen LogP contribution in [0.4, 0.5) is 0 Å². The monoisotopic (exact) mass is 215 g/mol. The Balaban J connectivity index is 2.65. The molecule has 1 aromatic carbocycles. The number of benzene rings is 1. The topological polar surface area (TPSA) is 32.9 Å². The van der Waals surface area contributed by atoms with E-state index in [1.165, 1.54) is 5.39 Å². The molecule has 0 radical (unpaired) electrons. The molecular formula is C14H17NO. The van der Waals surface area contributed by atoms with E-state index >= 15 is 0 Å². The maximum atomic E-state index is 12.1. The number of hydrogen-bond donors (Lipinski definition) is 1. The van der Waals surface area contributed by atoms with E-state index in [1.54, 1.807) is 0 Å². The Labute approximate surface area is 95.7 Å². The molecule has 0 unspecified atom stereocenters. The highest BCUT2D eigenvalue weighted by molar-refractivity contribution is 6.03. The number of fused-ring (bicyclic) bond motifs is 1. The first kappa shape index (κ1) is 10.9. The molecule has 2 aromatic rings. The van der Waals surface area contributed by atoms with Crippen molar-refractivity contribution in [3.8, 4) is 0 Å². The zero-order valence-corrected chi connectivity index (χ0v) is 10.0. The molecule has 0 atom stereocenters. The van der Waals surface area contributed by atoms with Crippen LogP contribution in [-0.2, 0) is 6.42 Å². The maximum absolute atomic E-state index is 12.1. The number of aromatic amines is 1. The molecule has 0 aliphatic rings. The quantitative estimate of drug-likeness (QED) is 0.780. The van der Waals surface area contributed by atoms with Crippen molar-refractivity contribution in [3.63, 3.8) is 0 Å². The van der Waals surface area contributed by atoms with Gasteiger partial charge in [0, 0.05) is 16.8 Å². The summed E-state index contributed by atoms with van der Waals surface area (Å²) in [5, 5.41) is 1.18. The lowest BCUT2D eigenvalue weighted by Gasteiger charge is -2.04. The van der Waals surface area contributed by atoms with E-state index in [0.29, 0.717) is 0 Å². The van der Waals surface area contributed by atoms with E-state index in [2.05, 4.69) is 18.0 Å². The first-order chi connectivity index (χ1) is 7.65. The van der Waals surface area contributed by atoms with Gasteiger partial charge in [0.2, 0.25) is 0 Å². The summed E-state index contributed by atoms with van der Waals surface area (Å²) < 4.78 is 0. The van der Waals surface area contributed by atoms with Gasteiger partial charge in [-0.15, -0.1) is 0 Å². The molecule has 16 heavy (non-hydrogen) atoms. The summed E-state index contributed by atoms with van der Waals surface area (Å²) in [7, 11) is 0. The van der Waals surface area contributed by atoms with Gasteiger partial charge in [-0.1, -0.05) is 39.0 Å². The second kappa shape index (κ2) is 4.12. The lowest BCUT2D eigenvalue weighted by molar-refractivity contribution is 0.0934. The van der Waals surface area contributed by atoms with Crippen LogP contribution in [0.15, 0.2) is 24.3 Å². The Morgan fingerprint density at radius 1 is 1.31 bits per heavy atom. The number of nitrogens with one attached hydrogen (secondary N) is 1. The highest BCUT2D eigenvalue weighted by Gasteiger charge is 2.18. The molecule has 84 valence electrons. The highest BCUT2D eigenvalue weighted by atomic mass is 16.1. The number of aromatic nitrogens is 1. The Hall–Kier alpha value is -1.57. The summed E-state index contributed by atoms with van der Waals surface area (Å²) in [6.45, 7) is 5.97. The van der Waals surface area contributed by atoms with Crippen LogP contribution in [0.2, 0.25) is 0 Å². The van der Waals surface area contributed by atoms with Crippen molar-refractivity contribution in [2.75, 3.05) is 0 Å². The third-order valence-corrected chi connectivity index (χ3v) is 2.94. The normalized spacial score (nSPS) is 11.2. The molecule has 1 aromatic heterocycles. The van der Waals surface area contributed by atoms with Gasteiger partial charge in [-0.3, -0.25) is 4.79 Å². The summed E-state index contributed by atoms with van der Waals surface area (Å²) in [5.41, 5.74) is 3.00. The van der Waals surface area contributed by atoms with Gasteiger partial charge in [0.05, 0.1) is 5.69 Å². The van der Waals surface area contributed by atoms with Crippen molar-refractivity contribution in [3.05, 3.63) is 35.5 Å². The predicted octanol–water partition coefficient (Wildman–Crippen LogP) is 3.57. The number of hydrogen-bond acceptors (Lipinski definition) is 1. The molecule has 0 spiro atoms. The number of carbonyl (C=O) groups is 1. The Morgan fingerprint density at radius 3 is 2.62 bits per heavy atom.